The number of hydrogen-bond acceptors (Lipinski definition) is 4. The van der Waals surface area contributed by atoms with Gasteiger partial charge in [0.05, 0.1) is 18.5 Å². The minimum absolute atomic E-state index is 0.0343. The zero-order chi connectivity index (χ0) is 14.8. The third kappa shape index (κ3) is 2.71. The van der Waals surface area contributed by atoms with Gasteiger partial charge in [-0.1, -0.05) is 18.2 Å². The molecule has 1 fully saturated rings. The Labute approximate surface area is 124 Å². The molecule has 1 aromatic carbocycles. The number of fused-ring (bicyclic) bond motifs is 1. The fourth-order valence-electron chi connectivity index (χ4n) is 3.03. The predicted molar refractivity (Wildman–Crippen MR) is 83.4 cm³/mol. The molecule has 110 valence electrons. The molecule has 1 aromatic heterocycles. The molecule has 1 aliphatic heterocycles. The van der Waals surface area contributed by atoms with E-state index < -0.39 is 0 Å². The topological polar surface area (TPSA) is 42.4 Å². The largest absolute Gasteiger partial charge is 0.469 e. The lowest BCUT2D eigenvalue weighted by Crippen LogP contribution is -2.37. The quantitative estimate of drug-likeness (QED) is 0.795. The lowest BCUT2D eigenvalue weighted by Gasteiger charge is -2.32. The monoisotopic (exact) mass is 284 g/mol. The van der Waals surface area contributed by atoms with E-state index in [4.69, 9.17) is 9.72 Å². The number of methoxy groups -OCH3 is 1. The first-order chi connectivity index (χ1) is 10.2. The van der Waals surface area contributed by atoms with E-state index in [9.17, 15) is 4.79 Å². The van der Waals surface area contributed by atoms with Gasteiger partial charge in [-0.25, -0.2) is 4.98 Å². The Bertz CT molecular complexity index is 661. The van der Waals surface area contributed by atoms with Gasteiger partial charge in [-0.05, 0) is 37.5 Å². The number of piperidine rings is 1. The van der Waals surface area contributed by atoms with Gasteiger partial charge < -0.3 is 9.64 Å². The molecule has 0 amide bonds. The molecule has 0 bridgehead atoms. The smallest absolute Gasteiger partial charge is 0.308 e. The van der Waals surface area contributed by atoms with Crippen molar-refractivity contribution < 1.29 is 9.53 Å². The molecule has 2 heterocycles. The van der Waals surface area contributed by atoms with E-state index in [1.807, 2.05) is 18.2 Å². The molecule has 0 spiro atoms. The van der Waals surface area contributed by atoms with Crippen LogP contribution < -0.4 is 4.90 Å². The van der Waals surface area contributed by atoms with Gasteiger partial charge in [-0.15, -0.1) is 0 Å². The molecule has 4 nitrogen and oxygen atoms in total. The standard InChI is InChI=1S/C17H20N2O2/c1-12-11-14-5-3-4-6-15(14)18-16(12)19-9-7-13(8-10-19)17(20)21-2/h3-6,11,13H,7-10H2,1-2H3. The Morgan fingerprint density at radius 3 is 2.71 bits per heavy atom. The van der Waals surface area contributed by atoms with Crippen molar-refractivity contribution in [2.75, 3.05) is 25.1 Å². The van der Waals surface area contributed by atoms with Gasteiger partial charge in [0, 0.05) is 18.5 Å². The Balaban J connectivity index is 1.82. The number of aromatic nitrogens is 1. The lowest BCUT2D eigenvalue weighted by molar-refractivity contribution is -0.146. The van der Waals surface area contributed by atoms with Crippen molar-refractivity contribution in [3.05, 3.63) is 35.9 Å². The highest BCUT2D eigenvalue weighted by molar-refractivity contribution is 5.81. The summed E-state index contributed by atoms with van der Waals surface area (Å²) in [5, 5.41) is 1.17. The maximum Gasteiger partial charge on any atom is 0.308 e. The number of carbonyl (C=O) groups excluding carboxylic acids is 1. The third-order valence-electron chi connectivity index (χ3n) is 4.22. The molecule has 2 aromatic rings. The Morgan fingerprint density at radius 1 is 1.29 bits per heavy atom. The average molecular weight is 284 g/mol. The van der Waals surface area contributed by atoms with Crippen molar-refractivity contribution >= 4 is 22.7 Å². The molecule has 0 unspecified atom stereocenters. The SMILES string of the molecule is COC(=O)C1CCN(c2nc3ccccc3cc2C)CC1. The Morgan fingerprint density at radius 2 is 2.00 bits per heavy atom. The van der Waals surface area contributed by atoms with E-state index in [0.29, 0.717) is 0 Å². The minimum Gasteiger partial charge on any atom is -0.469 e. The summed E-state index contributed by atoms with van der Waals surface area (Å²) in [7, 11) is 1.46. The fraction of sp³-hybridized carbons (Fsp3) is 0.412. The van der Waals surface area contributed by atoms with Crippen LogP contribution in [0.4, 0.5) is 5.82 Å². The van der Waals surface area contributed by atoms with E-state index in [2.05, 4.69) is 24.0 Å². The first-order valence-corrected chi connectivity index (χ1v) is 7.38. The highest BCUT2D eigenvalue weighted by Crippen LogP contribution is 2.27. The maximum atomic E-state index is 11.6. The van der Waals surface area contributed by atoms with Gasteiger partial charge >= 0.3 is 5.97 Å². The van der Waals surface area contributed by atoms with Crippen LogP contribution in [0.3, 0.4) is 0 Å². The number of rotatable bonds is 2. The van der Waals surface area contributed by atoms with Gasteiger partial charge in [0.15, 0.2) is 0 Å². The summed E-state index contributed by atoms with van der Waals surface area (Å²) in [5.41, 5.74) is 2.21. The minimum atomic E-state index is -0.0853. The second-order valence-corrected chi connectivity index (χ2v) is 5.61. The number of carbonyl (C=O) groups is 1. The molecule has 0 radical (unpaired) electrons. The number of hydrogen-bond donors (Lipinski definition) is 0. The molecule has 0 atom stereocenters. The summed E-state index contributed by atoms with van der Waals surface area (Å²) in [4.78, 5) is 18.7. The van der Waals surface area contributed by atoms with Gasteiger partial charge in [0.1, 0.15) is 5.82 Å². The predicted octanol–water partition coefficient (Wildman–Crippen LogP) is 2.93. The van der Waals surface area contributed by atoms with Crippen LogP contribution in [0.25, 0.3) is 10.9 Å². The molecular weight excluding hydrogens is 264 g/mol. The van der Waals surface area contributed by atoms with Crippen LogP contribution in [-0.2, 0) is 9.53 Å². The van der Waals surface area contributed by atoms with E-state index >= 15 is 0 Å². The van der Waals surface area contributed by atoms with Crippen LogP contribution in [0.5, 0.6) is 0 Å². The van der Waals surface area contributed by atoms with Gasteiger partial charge in [0.25, 0.3) is 0 Å². The number of anilines is 1. The van der Waals surface area contributed by atoms with Crippen LogP contribution in [0.2, 0.25) is 0 Å². The van der Waals surface area contributed by atoms with E-state index in [0.717, 1.165) is 37.3 Å². The number of benzene rings is 1. The zero-order valence-electron chi connectivity index (χ0n) is 12.5. The first kappa shape index (κ1) is 13.9. The average Bonchev–Trinajstić information content (AvgIpc) is 2.53. The van der Waals surface area contributed by atoms with Gasteiger partial charge in [-0.2, -0.15) is 0 Å². The number of pyridine rings is 1. The highest BCUT2D eigenvalue weighted by atomic mass is 16.5. The first-order valence-electron chi connectivity index (χ1n) is 7.38. The van der Waals surface area contributed by atoms with Crippen LogP contribution >= 0.6 is 0 Å². The number of para-hydroxylation sites is 1. The van der Waals surface area contributed by atoms with Gasteiger partial charge in [-0.3, -0.25) is 4.79 Å². The second-order valence-electron chi connectivity index (χ2n) is 5.61. The van der Waals surface area contributed by atoms with Crippen LogP contribution in [0, 0.1) is 12.8 Å². The summed E-state index contributed by atoms with van der Waals surface area (Å²) in [6.07, 6.45) is 1.67. The molecule has 3 rings (SSSR count). The normalized spacial score (nSPS) is 16.2. The molecule has 0 aliphatic carbocycles. The van der Waals surface area contributed by atoms with Crippen molar-refractivity contribution in [1.82, 2.24) is 4.98 Å². The van der Waals surface area contributed by atoms with Crippen LogP contribution in [0.1, 0.15) is 18.4 Å². The number of nitrogens with zero attached hydrogens (tertiary/aromatic N) is 2. The van der Waals surface area contributed by atoms with Crippen LogP contribution in [-0.4, -0.2) is 31.2 Å². The summed E-state index contributed by atoms with van der Waals surface area (Å²) >= 11 is 0. The highest BCUT2D eigenvalue weighted by Gasteiger charge is 2.26. The van der Waals surface area contributed by atoms with E-state index in [-0.39, 0.29) is 11.9 Å². The molecule has 4 heteroatoms. The molecule has 0 saturated carbocycles. The van der Waals surface area contributed by atoms with Crippen molar-refractivity contribution in [1.29, 1.82) is 0 Å². The summed E-state index contributed by atoms with van der Waals surface area (Å²) in [6.45, 7) is 3.80. The van der Waals surface area contributed by atoms with Crippen molar-refractivity contribution in [2.45, 2.75) is 19.8 Å². The summed E-state index contributed by atoms with van der Waals surface area (Å²) < 4.78 is 4.84. The lowest BCUT2D eigenvalue weighted by atomic mass is 9.96. The van der Waals surface area contributed by atoms with Crippen LogP contribution in [0.15, 0.2) is 30.3 Å². The third-order valence-corrected chi connectivity index (χ3v) is 4.22. The summed E-state index contributed by atoms with van der Waals surface area (Å²) in [5.74, 6) is 0.988. The Hall–Kier alpha value is -2.10. The zero-order valence-corrected chi connectivity index (χ0v) is 12.5. The molecule has 21 heavy (non-hydrogen) atoms. The van der Waals surface area contributed by atoms with Crippen molar-refractivity contribution in [2.24, 2.45) is 5.92 Å². The number of ether oxygens (including phenoxy) is 1. The molecular formula is C17H20N2O2. The maximum absolute atomic E-state index is 11.6. The van der Waals surface area contributed by atoms with Crippen molar-refractivity contribution in [3.8, 4) is 0 Å². The van der Waals surface area contributed by atoms with E-state index in [1.54, 1.807) is 0 Å². The van der Waals surface area contributed by atoms with Gasteiger partial charge in [0.2, 0.25) is 0 Å². The van der Waals surface area contributed by atoms with Crippen molar-refractivity contribution in [3.63, 3.8) is 0 Å². The summed E-state index contributed by atoms with van der Waals surface area (Å²) in [6, 6.07) is 10.4. The molecule has 1 saturated heterocycles. The number of aryl methyl sites for hydroxylation is 1. The fourth-order valence-corrected chi connectivity index (χ4v) is 3.03. The number of esters is 1. The second kappa shape index (κ2) is 5.72. The molecule has 1 aliphatic rings. The molecule has 0 N–H and O–H groups in total. The van der Waals surface area contributed by atoms with E-state index in [1.165, 1.54) is 18.1 Å². The Kier molecular flexibility index (Phi) is 3.78.